The van der Waals surface area contributed by atoms with Crippen molar-refractivity contribution in [3.8, 4) is 51.0 Å². The summed E-state index contributed by atoms with van der Waals surface area (Å²) in [6, 6.07) is 36.8. The highest BCUT2D eigenvalue weighted by Gasteiger charge is 2.44. The molecule has 0 saturated heterocycles. The summed E-state index contributed by atoms with van der Waals surface area (Å²) in [5.74, 6) is 3.33. The second-order valence-corrected chi connectivity index (χ2v) is 13.4. The van der Waals surface area contributed by atoms with Crippen LogP contribution in [0.2, 0.25) is 0 Å². The van der Waals surface area contributed by atoms with Gasteiger partial charge in [-0.1, -0.05) is 91.8 Å². The molecule has 0 bridgehead atoms. The maximum absolute atomic E-state index is 9.15. The molecule has 1 aliphatic heterocycles. The van der Waals surface area contributed by atoms with Gasteiger partial charge in [-0.3, -0.25) is 0 Å². The summed E-state index contributed by atoms with van der Waals surface area (Å²) in [4.78, 5) is 2.94. The van der Waals surface area contributed by atoms with Crippen LogP contribution in [0.25, 0.3) is 49.5 Å². The molecular formula is C44H37N3O5. The number of rotatable bonds is 9. The molecule has 0 amide bonds. The third-order valence-corrected chi connectivity index (χ3v) is 10.4. The van der Waals surface area contributed by atoms with Crippen LogP contribution >= 0.6 is 0 Å². The predicted octanol–water partition coefficient (Wildman–Crippen LogP) is 10.8. The zero-order valence-electron chi connectivity index (χ0n) is 29.6. The minimum atomic E-state index is -0.952. The number of methoxy groups -OCH3 is 3. The Kier molecular flexibility index (Phi) is 8.05. The lowest BCUT2D eigenvalue weighted by molar-refractivity contribution is 0.163. The number of ether oxygens (including phenoxy) is 5. The van der Waals surface area contributed by atoms with Gasteiger partial charge in [0, 0.05) is 49.6 Å². The van der Waals surface area contributed by atoms with E-state index in [0.717, 1.165) is 61.2 Å². The Bertz CT molecular complexity index is 2430. The SMILES string of the molecule is COc1ccc(C2(c3ccccc3)C=Cc3c4c(c5cc(OCN=[N+]=[N-])c(-c6ccc(OC)cc6OC)cc5c3O2)-c2ccccc2C4(C)C)cc1. The Morgan fingerprint density at radius 3 is 2.13 bits per heavy atom. The van der Waals surface area contributed by atoms with Gasteiger partial charge in [0.05, 0.1) is 21.3 Å². The Labute approximate surface area is 302 Å². The molecule has 6 aromatic carbocycles. The highest BCUT2D eigenvalue weighted by molar-refractivity contribution is 6.10. The largest absolute Gasteiger partial charge is 0.497 e. The minimum absolute atomic E-state index is 0.184. The van der Waals surface area contributed by atoms with E-state index in [9.17, 15) is 0 Å². The lowest BCUT2D eigenvalue weighted by Gasteiger charge is -2.38. The summed E-state index contributed by atoms with van der Waals surface area (Å²) >= 11 is 0. The second-order valence-electron chi connectivity index (χ2n) is 13.4. The van der Waals surface area contributed by atoms with E-state index in [4.69, 9.17) is 29.2 Å². The van der Waals surface area contributed by atoms with Gasteiger partial charge in [-0.25, -0.2) is 0 Å². The topological polar surface area (TPSA) is 94.9 Å². The van der Waals surface area contributed by atoms with Crippen molar-refractivity contribution in [3.05, 3.63) is 154 Å². The summed E-state index contributed by atoms with van der Waals surface area (Å²) in [6.07, 6.45) is 4.42. The zero-order chi connectivity index (χ0) is 36.0. The smallest absolute Gasteiger partial charge is 0.178 e. The van der Waals surface area contributed by atoms with E-state index in [-0.39, 0.29) is 12.1 Å². The van der Waals surface area contributed by atoms with Gasteiger partial charge in [-0.15, -0.1) is 0 Å². The summed E-state index contributed by atoms with van der Waals surface area (Å²) in [5, 5.41) is 5.59. The van der Waals surface area contributed by atoms with Crippen molar-refractivity contribution in [1.82, 2.24) is 0 Å². The average Bonchev–Trinajstić information content (AvgIpc) is 3.44. The minimum Gasteiger partial charge on any atom is -0.497 e. The van der Waals surface area contributed by atoms with Crippen LogP contribution in [0.1, 0.15) is 41.7 Å². The van der Waals surface area contributed by atoms with Gasteiger partial charge >= 0.3 is 0 Å². The third-order valence-electron chi connectivity index (χ3n) is 10.4. The van der Waals surface area contributed by atoms with Gasteiger partial charge in [0.15, 0.2) is 12.3 Å². The molecule has 52 heavy (non-hydrogen) atoms. The van der Waals surface area contributed by atoms with Gasteiger partial charge in [0.1, 0.15) is 28.7 Å². The maximum Gasteiger partial charge on any atom is 0.178 e. The molecule has 2 aliphatic rings. The van der Waals surface area contributed by atoms with E-state index < -0.39 is 5.60 Å². The number of benzene rings is 6. The molecular weight excluding hydrogens is 650 g/mol. The van der Waals surface area contributed by atoms with E-state index in [1.807, 2.05) is 48.5 Å². The standard InChI is InChI=1S/C44H37N3O5/c1-43(2)37-14-10-9-13-32(37)40-35-25-39(51-26-46-47-45)34(31-20-19-30(49-4)23-38(31)50-5)24-36(35)42-33(41(40)43)21-22-44(52-42,27-11-7-6-8-12-27)28-15-17-29(48-3)18-16-28/h6-25H,26H2,1-5H3. The highest BCUT2D eigenvalue weighted by atomic mass is 16.5. The van der Waals surface area contributed by atoms with Crippen LogP contribution in [0.15, 0.2) is 120 Å². The number of fused-ring (bicyclic) bond motifs is 8. The molecule has 1 heterocycles. The van der Waals surface area contributed by atoms with Gasteiger partial charge in [0.25, 0.3) is 0 Å². The number of nitrogens with zero attached hydrogens (tertiary/aromatic N) is 3. The molecule has 1 aliphatic carbocycles. The van der Waals surface area contributed by atoms with Crippen molar-refractivity contribution < 1.29 is 23.7 Å². The van der Waals surface area contributed by atoms with Gasteiger partial charge < -0.3 is 23.7 Å². The Morgan fingerprint density at radius 1 is 0.692 bits per heavy atom. The van der Waals surface area contributed by atoms with E-state index in [1.54, 1.807) is 21.3 Å². The maximum atomic E-state index is 9.15. The molecule has 0 saturated carbocycles. The summed E-state index contributed by atoms with van der Waals surface area (Å²) in [7, 11) is 4.92. The first-order valence-corrected chi connectivity index (χ1v) is 17.1. The first-order valence-electron chi connectivity index (χ1n) is 17.1. The van der Waals surface area contributed by atoms with E-state index in [2.05, 4.69) is 96.7 Å². The average molecular weight is 688 g/mol. The van der Waals surface area contributed by atoms with Crippen LogP contribution in [0.3, 0.4) is 0 Å². The molecule has 8 nitrogen and oxygen atoms in total. The molecule has 0 fully saturated rings. The van der Waals surface area contributed by atoms with Crippen molar-refractivity contribution in [2.75, 3.05) is 28.1 Å². The summed E-state index contributed by atoms with van der Waals surface area (Å²) in [5.41, 5.74) is 17.1. The monoisotopic (exact) mass is 687 g/mol. The first kappa shape index (κ1) is 32.8. The predicted molar refractivity (Wildman–Crippen MR) is 205 cm³/mol. The van der Waals surface area contributed by atoms with E-state index >= 15 is 0 Å². The fraction of sp³-hybridized carbons (Fsp3) is 0.182. The van der Waals surface area contributed by atoms with Crippen LogP contribution in [-0.4, -0.2) is 28.1 Å². The zero-order valence-corrected chi connectivity index (χ0v) is 29.6. The molecule has 0 spiro atoms. The summed E-state index contributed by atoms with van der Waals surface area (Å²) in [6.45, 7) is 4.36. The molecule has 8 heteroatoms. The highest BCUT2D eigenvalue weighted by Crippen LogP contribution is 2.59. The van der Waals surface area contributed by atoms with Crippen molar-refractivity contribution >= 4 is 16.8 Å². The van der Waals surface area contributed by atoms with Crippen molar-refractivity contribution in [3.63, 3.8) is 0 Å². The fourth-order valence-electron chi connectivity index (χ4n) is 7.95. The van der Waals surface area contributed by atoms with Gasteiger partial charge in [-0.05, 0) is 75.6 Å². The molecule has 0 aromatic heterocycles. The normalized spacial score (nSPS) is 16.2. The lowest BCUT2D eigenvalue weighted by Crippen LogP contribution is -2.35. The van der Waals surface area contributed by atoms with Crippen LogP contribution < -0.4 is 23.7 Å². The molecule has 0 N–H and O–H groups in total. The molecule has 6 aromatic rings. The summed E-state index contributed by atoms with van der Waals surface area (Å²) < 4.78 is 30.7. The second kappa shape index (κ2) is 12.7. The van der Waals surface area contributed by atoms with E-state index in [1.165, 1.54) is 11.1 Å². The molecule has 1 unspecified atom stereocenters. The Hall–Kier alpha value is -6.37. The fourth-order valence-corrected chi connectivity index (χ4v) is 7.95. The molecule has 8 rings (SSSR count). The number of hydrogen-bond acceptors (Lipinski definition) is 6. The van der Waals surface area contributed by atoms with E-state index in [0.29, 0.717) is 17.2 Å². The Morgan fingerprint density at radius 2 is 1.40 bits per heavy atom. The van der Waals surface area contributed by atoms with Crippen LogP contribution in [-0.2, 0) is 11.0 Å². The molecule has 0 radical (unpaired) electrons. The van der Waals surface area contributed by atoms with Gasteiger partial charge in [0.2, 0.25) is 0 Å². The lowest BCUT2D eigenvalue weighted by atomic mass is 9.76. The first-order chi connectivity index (χ1) is 25.3. The third kappa shape index (κ3) is 5.02. The van der Waals surface area contributed by atoms with Crippen LogP contribution in [0, 0.1) is 0 Å². The van der Waals surface area contributed by atoms with Crippen LogP contribution in [0.5, 0.6) is 28.7 Å². The molecule has 1 atom stereocenters. The Balaban J connectivity index is 1.49. The van der Waals surface area contributed by atoms with Crippen molar-refractivity contribution in [2.45, 2.75) is 24.9 Å². The number of azide groups is 1. The molecule has 258 valence electrons. The quantitative estimate of drug-likeness (QED) is 0.0856. The van der Waals surface area contributed by atoms with Crippen molar-refractivity contribution in [1.29, 1.82) is 0 Å². The van der Waals surface area contributed by atoms with Crippen LogP contribution in [0.4, 0.5) is 0 Å². The number of hydrogen-bond donors (Lipinski definition) is 0. The van der Waals surface area contributed by atoms with Gasteiger partial charge in [-0.2, -0.15) is 0 Å². The van der Waals surface area contributed by atoms with Crippen molar-refractivity contribution in [2.24, 2.45) is 5.11 Å².